The molecule has 0 fully saturated rings. The Morgan fingerprint density at radius 3 is 2.95 bits per heavy atom. The number of fused-ring (bicyclic) bond motifs is 1. The quantitative estimate of drug-likeness (QED) is 0.621. The zero-order valence-corrected chi connectivity index (χ0v) is 11.7. The van der Waals surface area contributed by atoms with E-state index in [1.165, 1.54) is 6.20 Å². The van der Waals surface area contributed by atoms with Crippen LogP contribution in [0.1, 0.15) is 30.0 Å². The molecule has 0 atom stereocenters. The molecule has 110 valence electrons. The zero-order valence-electron chi connectivity index (χ0n) is 11.7. The molecule has 0 aliphatic carbocycles. The fourth-order valence-electron chi connectivity index (χ4n) is 2.39. The summed E-state index contributed by atoms with van der Waals surface area (Å²) in [4.78, 5) is 16.7. The van der Waals surface area contributed by atoms with Gasteiger partial charge in [0, 0.05) is 37.7 Å². The smallest absolute Gasteiger partial charge is 0.287 e. The van der Waals surface area contributed by atoms with Crippen molar-refractivity contribution in [3.63, 3.8) is 0 Å². The molecular formula is C13H15N5O3. The standard InChI is InChI=1S/C13H15N5O3/c1-2-12-15-16-13(21-12)8-17-4-3-11-9(7-17)5-10(6-14-11)18(19)20/h5-6H,2-4,7-8H2,1H3. The van der Waals surface area contributed by atoms with Crippen LogP contribution in [0.25, 0.3) is 0 Å². The second kappa shape index (κ2) is 5.57. The van der Waals surface area contributed by atoms with E-state index in [1.54, 1.807) is 6.07 Å². The number of aryl methyl sites for hydroxylation is 1. The molecule has 0 bridgehead atoms. The summed E-state index contributed by atoms with van der Waals surface area (Å²) in [5.41, 5.74) is 1.85. The van der Waals surface area contributed by atoms with Crippen LogP contribution >= 0.6 is 0 Å². The van der Waals surface area contributed by atoms with Crippen LogP contribution in [0, 0.1) is 10.1 Å². The third-order valence-electron chi connectivity index (χ3n) is 3.49. The molecule has 8 nitrogen and oxygen atoms in total. The lowest BCUT2D eigenvalue weighted by atomic mass is 10.1. The highest BCUT2D eigenvalue weighted by molar-refractivity contribution is 5.35. The maximum absolute atomic E-state index is 10.8. The topological polar surface area (TPSA) is 98.2 Å². The van der Waals surface area contributed by atoms with Crippen molar-refractivity contribution in [2.24, 2.45) is 0 Å². The van der Waals surface area contributed by atoms with Gasteiger partial charge in [-0.1, -0.05) is 6.92 Å². The summed E-state index contributed by atoms with van der Waals surface area (Å²) >= 11 is 0. The first-order chi connectivity index (χ1) is 10.2. The summed E-state index contributed by atoms with van der Waals surface area (Å²) in [6.45, 7) is 3.93. The minimum absolute atomic E-state index is 0.0293. The Hall–Kier alpha value is -2.35. The number of hydrogen-bond donors (Lipinski definition) is 0. The van der Waals surface area contributed by atoms with Gasteiger partial charge in [0.2, 0.25) is 11.8 Å². The van der Waals surface area contributed by atoms with Crippen molar-refractivity contribution < 1.29 is 9.34 Å². The largest absolute Gasteiger partial charge is 0.424 e. The first kappa shape index (κ1) is 13.6. The van der Waals surface area contributed by atoms with Crippen LogP contribution in [-0.4, -0.2) is 31.5 Å². The second-order valence-electron chi connectivity index (χ2n) is 4.96. The molecule has 0 aromatic carbocycles. The number of nitrogens with zero attached hydrogens (tertiary/aromatic N) is 5. The Kier molecular flexibility index (Phi) is 3.61. The lowest BCUT2D eigenvalue weighted by Gasteiger charge is -2.26. The van der Waals surface area contributed by atoms with Crippen LogP contribution in [0.5, 0.6) is 0 Å². The van der Waals surface area contributed by atoms with Crippen molar-refractivity contribution in [3.8, 4) is 0 Å². The summed E-state index contributed by atoms with van der Waals surface area (Å²) in [6.07, 6.45) is 2.80. The molecule has 2 aromatic heterocycles. The van der Waals surface area contributed by atoms with Gasteiger partial charge < -0.3 is 4.42 Å². The van der Waals surface area contributed by atoms with Gasteiger partial charge in [0.15, 0.2) is 0 Å². The number of hydrogen-bond acceptors (Lipinski definition) is 7. The fourth-order valence-corrected chi connectivity index (χ4v) is 2.39. The summed E-state index contributed by atoms with van der Waals surface area (Å²) in [7, 11) is 0. The Labute approximate surface area is 121 Å². The van der Waals surface area contributed by atoms with Gasteiger partial charge >= 0.3 is 0 Å². The lowest BCUT2D eigenvalue weighted by Crippen LogP contribution is -2.30. The van der Waals surface area contributed by atoms with Gasteiger partial charge in [-0.2, -0.15) is 0 Å². The third kappa shape index (κ3) is 2.89. The summed E-state index contributed by atoms with van der Waals surface area (Å²) < 4.78 is 5.50. The molecule has 0 unspecified atom stereocenters. The fraction of sp³-hybridized carbons (Fsp3) is 0.462. The summed E-state index contributed by atoms with van der Waals surface area (Å²) in [6, 6.07) is 1.60. The molecule has 0 amide bonds. The van der Waals surface area contributed by atoms with E-state index < -0.39 is 4.92 Å². The lowest BCUT2D eigenvalue weighted by molar-refractivity contribution is -0.385. The van der Waals surface area contributed by atoms with Gasteiger partial charge in [0.1, 0.15) is 6.20 Å². The Bertz CT molecular complexity index is 670. The predicted octanol–water partition coefficient (Wildman–Crippen LogP) is 1.49. The van der Waals surface area contributed by atoms with Crippen molar-refractivity contribution in [1.82, 2.24) is 20.1 Å². The molecule has 8 heteroatoms. The van der Waals surface area contributed by atoms with Crippen molar-refractivity contribution >= 4 is 5.69 Å². The molecule has 2 aromatic rings. The first-order valence-corrected chi connectivity index (χ1v) is 6.81. The van der Waals surface area contributed by atoms with Gasteiger partial charge in [-0.15, -0.1) is 10.2 Å². The van der Waals surface area contributed by atoms with Gasteiger partial charge in [-0.25, -0.2) is 0 Å². The van der Waals surface area contributed by atoms with E-state index in [-0.39, 0.29) is 5.69 Å². The number of rotatable bonds is 4. The van der Waals surface area contributed by atoms with Gasteiger partial charge in [-0.3, -0.25) is 20.0 Å². The first-order valence-electron chi connectivity index (χ1n) is 6.81. The van der Waals surface area contributed by atoms with Gasteiger partial charge in [-0.05, 0) is 5.56 Å². The van der Waals surface area contributed by atoms with E-state index in [0.717, 1.165) is 24.2 Å². The van der Waals surface area contributed by atoms with Gasteiger partial charge in [0.25, 0.3) is 5.69 Å². The van der Waals surface area contributed by atoms with E-state index in [4.69, 9.17) is 4.42 Å². The zero-order chi connectivity index (χ0) is 14.8. The Balaban J connectivity index is 1.73. The number of aromatic nitrogens is 3. The number of pyridine rings is 1. The monoisotopic (exact) mass is 289 g/mol. The highest BCUT2D eigenvalue weighted by Crippen LogP contribution is 2.22. The third-order valence-corrected chi connectivity index (χ3v) is 3.49. The molecule has 0 saturated carbocycles. The average molecular weight is 289 g/mol. The molecule has 0 radical (unpaired) electrons. The molecule has 0 N–H and O–H groups in total. The maximum atomic E-state index is 10.8. The Morgan fingerprint density at radius 1 is 1.43 bits per heavy atom. The van der Waals surface area contributed by atoms with E-state index in [1.807, 2.05) is 6.92 Å². The molecule has 1 aliphatic rings. The predicted molar refractivity (Wildman–Crippen MR) is 72.4 cm³/mol. The van der Waals surface area contributed by atoms with Crippen LogP contribution < -0.4 is 0 Å². The van der Waals surface area contributed by atoms with E-state index in [2.05, 4.69) is 20.1 Å². The Morgan fingerprint density at radius 2 is 2.24 bits per heavy atom. The second-order valence-corrected chi connectivity index (χ2v) is 4.96. The van der Waals surface area contributed by atoms with E-state index in [0.29, 0.717) is 31.3 Å². The average Bonchev–Trinajstić information content (AvgIpc) is 2.94. The van der Waals surface area contributed by atoms with Crippen LogP contribution in [-0.2, 0) is 25.9 Å². The van der Waals surface area contributed by atoms with Crippen LogP contribution in [0.3, 0.4) is 0 Å². The van der Waals surface area contributed by atoms with Crippen molar-refractivity contribution in [1.29, 1.82) is 0 Å². The molecule has 3 heterocycles. The van der Waals surface area contributed by atoms with Crippen molar-refractivity contribution in [3.05, 3.63) is 45.4 Å². The van der Waals surface area contributed by atoms with Crippen LogP contribution in [0.2, 0.25) is 0 Å². The normalized spacial score (nSPS) is 14.9. The maximum Gasteiger partial charge on any atom is 0.287 e. The van der Waals surface area contributed by atoms with Crippen LogP contribution in [0.4, 0.5) is 5.69 Å². The minimum Gasteiger partial charge on any atom is -0.424 e. The number of nitro groups is 1. The molecule has 0 spiro atoms. The molecule has 0 saturated heterocycles. The van der Waals surface area contributed by atoms with Gasteiger partial charge in [0.05, 0.1) is 11.5 Å². The minimum atomic E-state index is -0.419. The van der Waals surface area contributed by atoms with E-state index >= 15 is 0 Å². The molecular weight excluding hydrogens is 274 g/mol. The molecule has 21 heavy (non-hydrogen) atoms. The SMILES string of the molecule is CCc1nnc(CN2CCc3ncc([N+](=O)[O-])cc3C2)o1. The summed E-state index contributed by atoms with van der Waals surface area (Å²) in [5.74, 6) is 1.20. The molecule has 3 rings (SSSR count). The van der Waals surface area contributed by atoms with Crippen molar-refractivity contribution in [2.75, 3.05) is 6.54 Å². The highest BCUT2D eigenvalue weighted by Gasteiger charge is 2.21. The summed E-state index contributed by atoms with van der Waals surface area (Å²) in [5, 5.41) is 18.8. The molecule has 1 aliphatic heterocycles. The van der Waals surface area contributed by atoms with Crippen molar-refractivity contribution in [2.45, 2.75) is 32.9 Å². The van der Waals surface area contributed by atoms with E-state index in [9.17, 15) is 10.1 Å². The highest BCUT2D eigenvalue weighted by atomic mass is 16.6. The van der Waals surface area contributed by atoms with Crippen LogP contribution in [0.15, 0.2) is 16.7 Å².